The number of rotatable bonds is 2. The summed E-state index contributed by atoms with van der Waals surface area (Å²) in [5.41, 5.74) is 24.9. The summed E-state index contributed by atoms with van der Waals surface area (Å²) in [7, 11) is 0. The molecule has 0 radical (unpaired) electrons. The Kier molecular flexibility index (Phi) is 9.39. The monoisotopic (exact) mass is 849 g/mol. The van der Waals surface area contributed by atoms with E-state index in [9.17, 15) is 0 Å². The lowest BCUT2D eigenvalue weighted by molar-refractivity contribution is 0.402. The lowest BCUT2D eigenvalue weighted by Gasteiger charge is -2.45. The maximum Gasteiger partial charge on any atom is 0.297 e. The van der Waals surface area contributed by atoms with Crippen molar-refractivity contribution in [2.24, 2.45) is 0 Å². The highest BCUT2D eigenvalue weighted by molar-refractivity contribution is 7.00. The van der Waals surface area contributed by atoms with E-state index in [0.29, 0.717) is 11.8 Å². The van der Waals surface area contributed by atoms with Gasteiger partial charge in [-0.05, 0) is 182 Å². The Balaban J connectivity index is 1.37. The molecule has 1 aromatic heterocycles. The fourth-order valence-corrected chi connectivity index (χ4v) is 12.0. The van der Waals surface area contributed by atoms with Crippen LogP contribution in [-0.4, -0.2) is 6.71 Å². The molecule has 10 rings (SSSR count). The van der Waals surface area contributed by atoms with Crippen LogP contribution in [0.25, 0.3) is 11.0 Å². The first-order valence-corrected chi connectivity index (χ1v) is 24.6. The third-order valence-corrected chi connectivity index (χ3v) is 16.4. The van der Waals surface area contributed by atoms with E-state index in [0.717, 1.165) is 11.2 Å². The van der Waals surface area contributed by atoms with Crippen LogP contribution >= 0.6 is 0 Å². The van der Waals surface area contributed by atoms with Crippen LogP contribution in [0.2, 0.25) is 0 Å². The second-order valence-electron chi connectivity index (χ2n) is 25.2. The molecule has 0 amide bonds. The van der Waals surface area contributed by atoms with E-state index in [2.05, 4.69) is 200 Å². The van der Waals surface area contributed by atoms with Gasteiger partial charge in [0, 0.05) is 33.8 Å². The van der Waals surface area contributed by atoms with Crippen molar-refractivity contribution in [2.75, 3.05) is 9.80 Å². The van der Waals surface area contributed by atoms with Gasteiger partial charge in [-0.15, -0.1) is 0 Å². The number of hydrogen-bond acceptors (Lipinski definition) is 3. The third kappa shape index (κ3) is 6.49. The summed E-state index contributed by atoms with van der Waals surface area (Å²) < 4.78 is 7.62. The molecule has 2 aliphatic carbocycles. The molecule has 332 valence electrons. The molecule has 3 nitrogen and oxygen atoms in total. The number of anilines is 6. The Hall–Kier alpha value is -4.70. The van der Waals surface area contributed by atoms with Gasteiger partial charge >= 0.3 is 0 Å². The molecule has 0 N–H and O–H groups in total. The summed E-state index contributed by atoms with van der Waals surface area (Å²) >= 11 is 0. The molecular weight excluding hydrogens is 775 g/mol. The van der Waals surface area contributed by atoms with Gasteiger partial charge in [0.05, 0.1) is 11.3 Å². The van der Waals surface area contributed by atoms with Crippen molar-refractivity contribution in [3.05, 3.63) is 123 Å². The Bertz CT molecular complexity index is 2920. The number of nitrogens with zero attached hydrogens (tertiary/aromatic N) is 2. The maximum absolute atomic E-state index is 7.62. The van der Waals surface area contributed by atoms with Crippen LogP contribution in [0.4, 0.5) is 34.1 Å². The maximum atomic E-state index is 7.62. The highest BCUT2D eigenvalue weighted by Crippen LogP contribution is 2.53. The SMILES string of the molecule is Cc1cc(C(C)(C)C)ccc1N1c2ccc(C(C)(C)C)cc2B2c3oc4cc5c(cc4c3N(c3cc4c(cc3C)C(C)(C)CCC4C)c3cc(C(C)(C)C)cc1c32)C(C)(C)CCC5C. The van der Waals surface area contributed by atoms with Gasteiger partial charge in [-0.2, -0.15) is 0 Å². The fourth-order valence-electron chi connectivity index (χ4n) is 12.0. The first-order valence-electron chi connectivity index (χ1n) is 24.6. The average molecular weight is 849 g/mol. The van der Waals surface area contributed by atoms with E-state index >= 15 is 0 Å². The van der Waals surface area contributed by atoms with Crippen molar-refractivity contribution >= 4 is 68.4 Å². The smallest absolute Gasteiger partial charge is 0.297 e. The summed E-state index contributed by atoms with van der Waals surface area (Å²) in [5.74, 6) is 0.976. The lowest BCUT2D eigenvalue weighted by Crippen LogP contribution is -2.61. The molecule has 4 aliphatic rings. The van der Waals surface area contributed by atoms with Crippen LogP contribution in [0.5, 0.6) is 0 Å². The normalized spacial score (nSPS) is 19.9. The molecule has 6 aromatic rings. The minimum atomic E-state index is -0.110. The van der Waals surface area contributed by atoms with E-state index in [1.807, 2.05) is 0 Å². The number of aryl methyl sites for hydroxylation is 2. The number of hydrogen-bond donors (Lipinski definition) is 0. The van der Waals surface area contributed by atoms with Crippen LogP contribution in [-0.2, 0) is 27.1 Å². The van der Waals surface area contributed by atoms with Crippen molar-refractivity contribution in [1.29, 1.82) is 0 Å². The average Bonchev–Trinajstić information content (AvgIpc) is 3.57. The minimum absolute atomic E-state index is 0.0355. The van der Waals surface area contributed by atoms with Gasteiger partial charge in [0.2, 0.25) is 0 Å². The van der Waals surface area contributed by atoms with Gasteiger partial charge in [0.15, 0.2) is 0 Å². The molecule has 4 heteroatoms. The molecule has 0 spiro atoms. The molecule has 2 atom stereocenters. The van der Waals surface area contributed by atoms with Gasteiger partial charge in [-0.1, -0.05) is 134 Å². The molecule has 0 bridgehead atoms. The zero-order chi connectivity index (χ0) is 46.0. The Labute approximate surface area is 386 Å². The summed E-state index contributed by atoms with van der Waals surface area (Å²) in [6.45, 7) is 40.4. The fraction of sp³-hybridized carbons (Fsp3) is 0.467. The lowest BCUT2D eigenvalue weighted by atomic mass is 9.35. The zero-order valence-electron chi connectivity index (χ0n) is 42.3. The summed E-state index contributed by atoms with van der Waals surface area (Å²) in [6, 6.07) is 29.8. The van der Waals surface area contributed by atoms with Gasteiger partial charge in [-0.3, -0.25) is 0 Å². The number of fused-ring (bicyclic) bond motifs is 8. The van der Waals surface area contributed by atoms with E-state index in [-0.39, 0.29) is 33.8 Å². The van der Waals surface area contributed by atoms with Crippen molar-refractivity contribution in [1.82, 2.24) is 0 Å². The molecule has 3 heterocycles. The summed E-state index contributed by atoms with van der Waals surface area (Å²) in [4.78, 5) is 5.31. The largest absolute Gasteiger partial charge is 0.468 e. The summed E-state index contributed by atoms with van der Waals surface area (Å²) in [5, 5.41) is 1.24. The van der Waals surface area contributed by atoms with Crippen molar-refractivity contribution in [2.45, 2.75) is 182 Å². The molecule has 0 saturated carbocycles. The quantitative estimate of drug-likeness (QED) is 0.162. The van der Waals surface area contributed by atoms with Crippen LogP contribution < -0.4 is 26.4 Å². The zero-order valence-corrected chi connectivity index (χ0v) is 42.3. The van der Waals surface area contributed by atoms with E-state index in [1.165, 1.54) is 126 Å². The Morgan fingerprint density at radius 1 is 0.547 bits per heavy atom. The van der Waals surface area contributed by atoms with E-state index in [4.69, 9.17) is 4.42 Å². The van der Waals surface area contributed by atoms with Gasteiger partial charge in [0.1, 0.15) is 5.58 Å². The first kappa shape index (κ1) is 43.2. The van der Waals surface area contributed by atoms with E-state index in [1.54, 1.807) is 0 Å². The Morgan fingerprint density at radius 3 is 1.64 bits per heavy atom. The predicted octanol–water partition coefficient (Wildman–Crippen LogP) is 15.4. The molecule has 64 heavy (non-hydrogen) atoms. The van der Waals surface area contributed by atoms with Crippen LogP contribution in [0, 0.1) is 13.8 Å². The molecular formula is C60H73BN2O. The molecule has 0 saturated heterocycles. The molecule has 2 unspecified atom stereocenters. The number of benzene rings is 5. The first-order chi connectivity index (χ1) is 29.8. The van der Waals surface area contributed by atoms with Gasteiger partial charge < -0.3 is 14.2 Å². The van der Waals surface area contributed by atoms with Crippen LogP contribution in [0.15, 0.2) is 77.2 Å². The van der Waals surface area contributed by atoms with Gasteiger partial charge in [-0.25, -0.2) is 0 Å². The van der Waals surface area contributed by atoms with E-state index < -0.39 is 0 Å². The van der Waals surface area contributed by atoms with Crippen molar-refractivity contribution in [3.8, 4) is 0 Å². The molecule has 0 fully saturated rings. The van der Waals surface area contributed by atoms with Gasteiger partial charge in [0.25, 0.3) is 6.71 Å². The molecule has 5 aromatic carbocycles. The van der Waals surface area contributed by atoms with Crippen LogP contribution in [0.3, 0.4) is 0 Å². The standard InChI is InChI=1S/C60H73BN2O/c1-34-22-24-59(14,15)44-27-37(4)49(32-41(34)44)63-51-30-40(58(11,12)13)29-50-53(51)61(55-54(63)43-31-45-42(33-52(43)64-55)35(2)23-25-60(45,16)17)46-28-39(57(8,9)10)19-21-48(46)62(50)47-20-18-38(26-36(47)3)56(5,6)7/h18-21,26-35H,22-25H2,1-17H3. The highest BCUT2D eigenvalue weighted by Gasteiger charge is 2.49. The number of furan rings is 1. The topological polar surface area (TPSA) is 19.6 Å². The molecule has 2 aliphatic heterocycles. The summed E-state index contributed by atoms with van der Waals surface area (Å²) in [6.07, 6.45) is 4.80. The highest BCUT2D eigenvalue weighted by atomic mass is 16.3. The predicted molar refractivity (Wildman–Crippen MR) is 277 cm³/mol. The third-order valence-electron chi connectivity index (χ3n) is 16.4. The second kappa shape index (κ2) is 13.9. The Morgan fingerprint density at radius 2 is 1.06 bits per heavy atom. The van der Waals surface area contributed by atoms with Crippen molar-refractivity contribution < 1.29 is 4.42 Å². The van der Waals surface area contributed by atoms with Crippen molar-refractivity contribution in [3.63, 3.8) is 0 Å². The second-order valence-corrected chi connectivity index (χ2v) is 25.2. The minimum Gasteiger partial charge on any atom is -0.468 e. The van der Waals surface area contributed by atoms with Crippen LogP contribution in [0.1, 0.15) is 191 Å².